The molecular formula is C13H16F3N3O. The molecule has 0 aromatic heterocycles. The number of rotatable bonds is 3. The molecule has 1 aromatic rings. The second-order valence-electron chi connectivity index (χ2n) is 4.78. The fourth-order valence-corrected chi connectivity index (χ4v) is 2.16. The summed E-state index contributed by atoms with van der Waals surface area (Å²) in [5, 5.41) is 8.59. The van der Waals surface area contributed by atoms with Crippen LogP contribution in [0.25, 0.3) is 0 Å². The molecule has 20 heavy (non-hydrogen) atoms. The van der Waals surface area contributed by atoms with E-state index in [1.807, 2.05) is 6.07 Å². The van der Waals surface area contributed by atoms with Gasteiger partial charge in [0.15, 0.2) is 0 Å². The van der Waals surface area contributed by atoms with Crippen LogP contribution in [-0.2, 0) is 0 Å². The lowest BCUT2D eigenvalue weighted by Crippen LogP contribution is -2.36. The molecule has 110 valence electrons. The zero-order chi connectivity index (χ0) is 14.8. The third-order valence-electron chi connectivity index (χ3n) is 2.97. The van der Waals surface area contributed by atoms with Crippen LogP contribution in [0, 0.1) is 0 Å². The number of halogens is 3. The van der Waals surface area contributed by atoms with Gasteiger partial charge in [0.2, 0.25) is 0 Å². The van der Waals surface area contributed by atoms with Gasteiger partial charge < -0.3 is 16.0 Å². The minimum atomic E-state index is -4.29. The highest BCUT2D eigenvalue weighted by atomic mass is 19.4. The Morgan fingerprint density at radius 1 is 1.35 bits per heavy atom. The third-order valence-corrected chi connectivity index (χ3v) is 2.97. The number of nitrogens with one attached hydrogen (secondary N) is 3. The van der Waals surface area contributed by atoms with Crippen molar-refractivity contribution in [2.45, 2.75) is 25.6 Å². The fourth-order valence-electron chi connectivity index (χ4n) is 2.16. The van der Waals surface area contributed by atoms with Crippen LogP contribution in [0.2, 0.25) is 0 Å². The highest BCUT2D eigenvalue weighted by molar-refractivity contribution is 6.02. The number of carbonyl (C=O) groups is 1. The molecule has 7 heteroatoms. The molecule has 0 aliphatic carbocycles. The average Bonchev–Trinajstić information content (AvgIpc) is 2.35. The number of para-hydroxylation sites is 1. The maximum atomic E-state index is 12.3. The van der Waals surface area contributed by atoms with E-state index in [4.69, 9.17) is 0 Å². The Balaban J connectivity index is 2.10. The minimum Gasteiger partial charge on any atom is -0.382 e. The van der Waals surface area contributed by atoms with Crippen LogP contribution < -0.4 is 16.0 Å². The normalized spacial score (nSPS) is 15.6. The Hall–Kier alpha value is -1.92. The predicted molar refractivity (Wildman–Crippen MR) is 71.0 cm³/mol. The molecule has 1 atom stereocenters. The first kappa shape index (κ1) is 14.5. The molecule has 0 bridgehead atoms. The number of fused-ring (bicyclic) bond motifs is 1. The zero-order valence-corrected chi connectivity index (χ0v) is 11.0. The van der Waals surface area contributed by atoms with Gasteiger partial charge in [-0.25, -0.2) is 0 Å². The van der Waals surface area contributed by atoms with Crippen LogP contribution >= 0.6 is 0 Å². The first-order valence-corrected chi connectivity index (χ1v) is 6.35. The van der Waals surface area contributed by atoms with E-state index >= 15 is 0 Å². The summed E-state index contributed by atoms with van der Waals surface area (Å²) in [6.45, 7) is 2.74. The van der Waals surface area contributed by atoms with Crippen LogP contribution in [0.4, 0.5) is 24.5 Å². The largest absolute Gasteiger partial charge is 0.391 e. The van der Waals surface area contributed by atoms with Gasteiger partial charge >= 0.3 is 6.18 Å². The van der Waals surface area contributed by atoms with Gasteiger partial charge in [-0.2, -0.15) is 13.2 Å². The maximum absolute atomic E-state index is 12.3. The Morgan fingerprint density at radius 2 is 2.05 bits per heavy atom. The smallest absolute Gasteiger partial charge is 0.382 e. The van der Waals surface area contributed by atoms with E-state index in [9.17, 15) is 18.0 Å². The van der Waals surface area contributed by atoms with Crippen molar-refractivity contribution in [1.29, 1.82) is 0 Å². The summed E-state index contributed by atoms with van der Waals surface area (Å²) in [6.07, 6.45) is -5.33. The number of amides is 1. The molecule has 1 aliphatic rings. The van der Waals surface area contributed by atoms with Crippen molar-refractivity contribution in [1.82, 2.24) is 5.32 Å². The van der Waals surface area contributed by atoms with Gasteiger partial charge in [0.1, 0.15) is 0 Å². The topological polar surface area (TPSA) is 53.2 Å². The van der Waals surface area contributed by atoms with Gasteiger partial charge in [-0.1, -0.05) is 6.07 Å². The van der Waals surface area contributed by atoms with Crippen LogP contribution in [-0.4, -0.2) is 31.2 Å². The fraction of sp³-hybridized carbons (Fsp3) is 0.462. The zero-order valence-electron chi connectivity index (χ0n) is 11.0. The Labute approximate surface area is 114 Å². The summed E-state index contributed by atoms with van der Waals surface area (Å²) < 4.78 is 36.8. The first-order chi connectivity index (χ1) is 9.37. The molecule has 1 aliphatic heterocycles. The van der Waals surface area contributed by atoms with Crippen molar-refractivity contribution in [2.24, 2.45) is 0 Å². The molecule has 1 unspecified atom stereocenters. The standard InChI is InChI=1S/C13H16F3N3O/c1-8(7-13(14,15)16)19-12(20)9-3-2-4-10-11(9)18-6-5-17-10/h2-4,8,17-18H,5-7H2,1H3,(H,19,20). The van der Waals surface area contributed by atoms with E-state index in [1.165, 1.54) is 6.92 Å². The molecule has 3 N–H and O–H groups in total. The first-order valence-electron chi connectivity index (χ1n) is 6.35. The summed E-state index contributed by atoms with van der Waals surface area (Å²) in [6, 6.07) is 4.14. The minimum absolute atomic E-state index is 0.351. The lowest BCUT2D eigenvalue weighted by Gasteiger charge is -2.23. The van der Waals surface area contributed by atoms with Crippen molar-refractivity contribution in [3.05, 3.63) is 23.8 Å². The third kappa shape index (κ3) is 3.55. The second-order valence-corrected chi connectivity index (χ2v) is 4.78. The van der Waals surface area contributed by atoms with Crippen LogP contribution in [0.15, 0.2) is 18.2 Å². The number of carbonyl (C=O) groups excluding carboxylic acids is 1. The molecule has 1 aromatic carbocycles. The van der Waals surface area contributed by atoms with E-state index in [0.29, 0.717) is 17.8 Å². The molecular weight excluding hydrogens is 271 g/mol. The van der Waals surface area contributed by atoms with Crippen LogP contribution in [0.5, 0.6) is 0 Å². The summed E-state index contributed by atoms with van der Waals surface area (Å²) >= 11 is 0. The lowest BCUT2D eigenvalue weighted by molar-refractivity contribution is -0.138. The van der Waals surface area contributed by atoms with Crippen molar-refractivity contribution in [2.75, 3.05) is 23.7 Å². The Kier molecular flexibility index (Phi) is 4.06. The van der Waals surface area contributed by atoms with Crippen LogP contribution in [0.1, 0.15) is 23.7 Å². The SMILES string of the molecule is CC(CC(F)(F)F)NC(=O)c1cccc2c1NCCN2. The summed E-state index contributed by atoms with van der Waals surface area (Å²) in [7, 11) is 0. The molecule has 0 spiro atoms. The Morgan fingerprint density at radius 3 is 2.75 bits per heavy atom. The monoisotopic (exact) mass is 287 g/mol. The number of alkyl halides is 3. The second kappa shape index (κ2) is 5.60. The van der Waals surface area contributed by atoms with E-state index in [-0.39, 0.29) is 0 Å². The quantitative estimate of drug-likeness (QED) is 0.801. The van der Waals surface area contributed by atoms with Crippen molar-refractivity contribution >= 4 is 17.3 Å². The molecule has 4 nitrogen and oxygen atoms in total. The number of benzene rings is 1. The highest BCUT2D eigenvalue weighted by Gasteiger charge is 2.31. The highest BCUT2D eigenvalue weighted by Crippen LogP contribution is 2.28. The molecule has 0 fully saturated rings. The summed E-state index contributed by atoms with van der Waals surface area (Å²) in [5.41, 5.74) is 1.77. The molecule has 0 radical (unpaired) electrons. The van der Waals surface area contributed by atoms with Gasteiger partial charge in [-0.05, 0) is 19.1 Å². The number of hydrogen-bond donors (Lipinski definition) is 3. The van der Waals surface area contributed by atoms with Gasteiger partial charge in [0.25, 0.3) is 5.91 Å². The van der Waals surface area contributed by atoms with Gasteiger partial charge in [0.05, 0.1) is 23.4 Å². The Bertz CT molecular complexity index is 502. The van der Waals surface area contributed by atoms with E-state index in [0.717, 1.165) is 12.2 Å². The average molecular weight is 287 g/mol. The van der Waals surface area contributed by atoms with Crippen LogP contribution in [0.3, 0.4) is 0 Å². The predicted octanol–water partition coefficient (Wildman–Crippen LogP) is 2.59. The maximum Gasteiger partial charge on any atom is 0.391 e. The molecule has 0 saturated carbocycles. The van der Waals surface area contributed by atoms with E-state index in [1.54, 1.807) is 12.1 Å². The van der Waals surface area contributed by atoms with Gasteiger partial charge in [0, 0.05) is 19.1 Å². The van der Waals surface area contributed by atoms with Gasteiger partial charge in [-0.15, -0.1) is 0 Å². The summed E-state index contributed by atoms with van der Waals surface area (Å²) in [5.74, 6) is -0.505. The van der Waals surface area contributed by atoms with Crippen molar-refractivity contribution in [3.63, 3.8) is 0 Å². The van der Waals surface area contributed by atoms with E-state index in [2.05, 4.69) is 16.0 Å². The molecule has 1 amide bonds. The van der Waals surface area contributed by atoms with E-state index < -0.39 is 24.5 Å². The van der Waals surface area contributed by atoms with Crippen molar-refractivity contribution in [3.8, 4) is 0 Å². The van der Waals surface area contributed by atoms with Crippen molar-refractivity contribution < 1.29 is 18.0 Å². The number of hydrogen-bond acceptors (Lipinski definition) is 3. The lowest BCUT2D eigenvalue weighted by atomic mass is 10.1. The number of anilines is 2. The molecule has 2 rings (SSSR count). The molecule has 0 saturated heterocycles. The van der Waals surface area contributed by atoms with Gasteiger partial charge in [-0.3, -0.25) is 4.79 Å². The summed E-state index contributed by atoms with van der Waals surface area (Å²) in [4.78, 5) is 12.1. The molecule has 1 heterocycles.